The van der Waals surface area contributed by atoms with E-state index in [1.54, 1.807) is 11.3 Å². The Balaban J connectivity index is 1.43. The standard InChI is InChI=1S/C10H17N3S/c1-2-9(1)12-6-5-11-4-3-10-13-7-8-14-10/h7-9,11-12H,1-6H2. The van der Waals surface area contributed by atoms with Crippen LogP contribution in [0, 0.1) is 0 Å². The molecule has 14 heavy (non-hydrogen) atoms. The van der Waals surface area contributed by atoms with Crippen LogP contribution in [0.2, 0.25) is 0 Å². The highest BCUT2D eigenvalue weighted by molar-refractivity contribution is 7.09. The summed E-state index contributed by atoms with van der Waals surface area (Å²) in [6.07, 6.45) is 5.67. The number of nitrogens with zero attached hydrogens (tertiary/aromatic N) is 1. The van der Waals surface area contributed by atoms with Gasteiger partial charge in [0.25, 0.3) is 0 Å². The number of rotatable bonds is 7. The zero-order chi connectivity index (χ0) is 9.64. The lowest BCUT2D eigenvalue weighted by Crippen LogP contribution is -2.29. The van der Waals surface area contributed by atoms with Gasteiger partial charge in [-0.1, -0.05) is 0 Å². The zero-order valence-corrected chi connectivity index (χ0v) is 9.15. The molecule has 78 valence electrons. The normalized spacial score (nSPS) is 16.0. The summed E-state index contributed by atoms with van der Waals surface area (Å²) in [6.45, 7) is 3.21. The first-order valence-corrected chi connectivity index (χ1v) is 6.15. The minimum Gasteiger partial charge on any atom is -0.315 e. The lowest BCUT2D eigenvalue weighted by atomic mass is 10.4. The topological polar surface area (TPSA) is 37.0 Å². The molecule has 1 saturated carbocycles. The van der Waals surface area contributed by atoms with Gasteiger partial charge in [-0.2, -0.15) is 0 Å². The van der Waals surface area contributed by atoms with Gasteiger partial charge in [0.2, 0.25) is 0 Å². The molecule has 0 saturated heterocycles. The van der Waals surface area contributed by atoms with Crippen molar-refractivity contribution < 1.29 is 0 Å². The van der Waals surface area contributed by atoms with Crippen LogP contribution >= 0.6 is 11.3 Å². The second-order valence-corrected chi connectivity index (χ2v) is 4.63. The van der Waals surface area contributed by atoms with Gasteiger partial charge in [0.1, 0.15) is 0 Å². The first-order chi connectivity index (χ1) is 6.95. The first-order valence-electron chi connectivity index (χ1n) is 5.27. The van der Waals surface area contributed by atoms with Gasteiger partial charge in [0.15, 0.2) is 0 Å². The fraction of sp³-hybridized carbons (Fsp3) is 0.700. The first kappa shape index (κ1) is 10.1. The van der Waals surface area contributed by atoms with Crippen LogP contribution < -0.4 is 10.6 Å². The van der Waals surface area contributed by atoms with Crippen molar-refractivity contribution in [3.05, 3.63) is 16.6 Å². The Morgan fingerprint density at radius 1 is 1.36 bits per heavy atom. The molecule has 1 heterocycles. The summed E-state index contributed by atoms with van der Waals surface area (Å²) in [5, 5.41) is 10.1. The van der Waals surface area contributed by atoms with E-state index in [2.05, 4.69) is 15.6 Å². The molecule has 4 heteroatoms. The molecule has 2 rings (SSSR count). The van der Waals surface area contributed by atoms with E-state index in [-0.39, 0.29) is 0 Å². The molecule has 0 aromatic carbocycles. The maximum Gasteiger partial charge on any atom is 0.0937 e. The van der Waals surface area contributed by atoms with Crippen LogP contribution in [0.4, 0.5) is 0 Å². The molecule has 0 amide bonds. The number of nitrogens with one attached hydrogen (secondary N) is 2. The van der Waals surface area contributed by atoms with Gasteiger partial charge in [0, 0.05) is 43.7 Å². The molecule has 0 spiro atoms. The van der Waals surface area contributed by atoms with E-state index in [0.717, 1.165) is 32.1 Å². The summed E-state index contributed by atoms with van der Waals surface area (Å²) in [6, 6.07) is 0.829. The van der Waals surface area contributed by atoms with E-state index in [0.29, 0.717) is 0 Å². The third kappa shape index (κ3) is 3.74. The van der Waals surface area contributed by atoms with Crippen LogP contribution in [-0.4, -0.2) is 30.7 Å². The zero-order valence-electron chi connectivity index (χ0n) is 8.33. The van der Waals surface area contributed by atoms with Gasteiger partial charge in [-0.25, -0.2) is 4.98 Å². The molecule has 2 N–H and O–H groups in total. The molecule has 1 aliphatic carbocycles. The molecule has 0 aliphatic heterocycles. The molecule has 0 bridgehead atoms. The maximum absolute atomic E-state index is 4.24. The van der Waals surface area contributed by atoms with E-state index < -0.39 is 0 Å². The summed E-state index contributed by atoms with van der Waals surface area (Å²) in [7, 11) is 0. The number of hydrogen-bond donors (Lipinski definition) is 2. The van der Waals surface area contributed by atoms with Crippen molar-refractivity contribution in [1.82, 2.24) is 15.6 Å². The molecule has 0 atom stereocenters. The maximum atomic E-state index is 4.24. The quantitative estimate of drug-likeness (QED) is 0.661. The van der Waals surface area contributed by atoms with Crippen molar-refractivity contribution in [2.75, 3.05) is 19.6 Å². The smallest absolute Gasteiger partial charge is 0.0937 e. The van der Waals surface area contributed by atoms with Crippen molar-refractivity contribution >= 4 is 11.3 Å². The molecular formula is C10H17N3S. The average molecular weight is 211 g/mol. The Kier molecular flexibility index (Phi) is 3.91. The fourth-order valence-corrected chi connectivity index (χ4v) is 1.97. The van der Waals surface area contributed by atoms with Gasteiger partial charge in [-0.05, 0) is 12.8 Å². The van der Waals surface area contributed by atoms with Crippen LogP contribution in [0.15, 0.2) is 11.6 Å². The minimum absolute atomic E-state index is 0.829. The van der Waals surface area contributed by atoms with Gasteiger partial charge in [-0.3, -0.25) is 0 Å². The minimum atomic E-state index is 0.829. The molecule has 0 radical (unpaired) electrons. The number of hydrogen-bond acceptors (Lipinski definition) is 4. The Labute approximate surface area is 88.9 Å². The third-order valence-corrected chi connectivity index (χ3v) is 3.15. The number of aromatic nitrogens is 1. The van der Waals surface area contributed by atoms with Crippen LogP contribution in [0.25, 0.3) is 0 Å². The van der Waals surface area contributed by atoms with Crippen molar-refractivity contribution in [2.45, 2.75) is 25.3 Å². The fourth-order valence-electron chi connectivity index (χ4n) is 1.35. The van der Waals surface area contributed by atoms with E-state index in [1.807, 2.05) is 11.6 Å². The molecule has 0 unspecified atom stereocenters. The predicted octanol–water partition coefficient (Wildman–Crippen LogP) is 1.03. The molecule has 1 aromatic heterocycles. The summed E-state index contributed by atoms with van der Waals surface area (Å²) >= 11 is 1.73. The Bertz CT molecular complexity index is 244. The second-order valence-electron chi connectivity index (χ2n) is 3.65. The van der Waals surface area contributed by atoms with Crippen molar-refractivity contribution in [3.63, 3.8) is 0 Å². The van der Waals surface area contributed by atoms with Crippen LogP contribution in [-0.2, 0) is 6.42 Å². The molecular weight excluding hydrogens is 194 g/mol. The van der Waals surface area contributed by atoms with Crippen molar-refractivity contribution in [2.24, 2.45) is 0 Å². The van der Waals surface area contributed by atoms with Crippen LogP contribution in [0.1, 0.15) is 17.8 Å². The predicted molar refractivity (Wildman–Crippen MR) is 59.7 cm³/mol. The van der Waals surface area contributed by atoms with Crippen LogP contribution in [0.5, 0.6) is 0 Å². The van der Waals surface area contributed by atoms with Gasteiger partial charge in [-0.15, -0.1) is 11.3 Å². The van der Waals surface area contributed by atoms with E-state index in [9.17, 15) is 0 Å². The van der Waals surface area contributed by atoms with Crippen molar-refractivity contribution in [1.29, 1.82) is 0 Å². The summed E-state index contributed by atoms with van der Waals surface area (Å²) in [5.41, 5.74) is 0. The highest BCUT2D eigenvalue weighted by Gasteiger charge is 2.19. The lowest BCUT2D eigenvalue weighted by Gasteiger charge is -2.03. The van der Waals surface area contributed by atoms with E-state index >= 15 is 0 Å². The molecule has 1 aromatic rings. The number of thiazole rings is 1. The lowest BCUT2D eigenvalue weighted by molar-refractivity contribution is 0.608. The van der Waals surface area contributed by atoms with E-state index in [4.69, 9.17) is 0 Å². The van der Waals surface area contributed by atoms with Gasteiger partial charge >= 0.3 is 0 Å². The molecule has 3 nitrogen and oxygen atoms in total. The van der Waals surface area contributed by atoms with Gasteiger partial charge < -0.3 is 10.6 Å². The summed E-state index contributed by atoms with van der Waals surface area (Å²) in [4.78, 5) is 4.24. The average Bonchev–Trinajstić information content (AvgIpc) is 2.87. The highest BCUT2D eigenvalue weighted by Crippen LogP contribution is 2.17. The summed E-state index contributed by atoms with van der Waals surface area (Å²) < 4.78 is 0. The Morgan fingerprint density at radius 3 is 3.00 bits per heavy atom. The monoisotopic (exact) mass is 211 g/mol. The Morgan fingerprint density at radius 2 is 2.29 bits per heavy atom. The summed E-state index contributed by atoms with van der Waals surface area (Å²) in [5.74, 6) is 0. The van der Waals surface area contributed by atoms with Crippen molar-refractivity contribution in [3.8, 4) is 0 Å². The third-order valence-electron chi connectivity index (χ3n) is 2.31. The molecule has 1 aliphatic rings. The van der Waals surface area contributed by atoms with Gasteiger partial charge in [0.05, 0.1) is 5.01 Å². The largest absolute Gasteiger partial charge is 0.315 e. The Hall–Kier alpha value is -0.450. The SMILES string of the molecule is c1csc(CCNCCNC2CC2)n1. The molecule has 1 fully saturated rings. The van der Waals surface area contributed by atoms with Crippen LogP contribution in [0.3, 0.4) is 0 Å². The highest BCUT2D eigenvalue weighted by atomic mass is 32.1. The van der Waals surface area contributed by atoms with E-state index in [1.165, 1.54) is 17.8 Å². The second kappa shape index (κ2) is 5.44.